The molecule has 0 aromatic heterocycles. The first-order valence-corrected chi connectivity index (χ1v) is 6.69. The van der Waals surface area contributed by atoms with E-state index in [0.717, 1.165) is 17.5 Å². The smallest absolute Gasteiger partial charge is 0.335 e. The van der Waals surface area contributed by atoms with Crippen LogP contribution >= 0.6 is 0 Å². The molecule has 0 aliphatic carbocycles. The SMILES string of the molecule is CC(C)(CN)C(=O)N1CCc2ccc(C(=O)O)cc2C1. The van der Waals surface area contributed by atoms with Crippen molar-refractivity contribution in [3.63, 3.8) is 0 Å². The van der Waals surface area contributed by atoms with Gasteiger partial charge >= 0.3 is 5.97 Å². The predicted molar refractivity (Wildman–Crippen MR) is 75.4 cm³/mol. The van der Waals surface area contributed by atoms with Gasteiger partial charge in [0.1, 0.15) is 0 Å². The zero-order chi connectivity index (χ0) is 14.9. The van der Waals surface area contributed by atoms with Crippen molar-refractivity contribution < 1.29 is 14.7 Å². The Balaban J connectivity index is 2.24. The van der Waals surface area contributed by atoms with E-state index in [-0.39, 0.29) is 11.5 Å². The molecule has 1 heterocycles. The highest BCUT2D eigenvalue weighted by Crippen LogP contribution is 2.25. The molecule has 0 spiro atoms. The van der Waals surface area contributed by atoms with Crippen LogP contribution in [-0.2, 0) is 17.8 Å². The van der Waals surface area contributed by atoms with Crippen molar-refractivity contribution in [1.82, 2.24) is 4.90 Å². The van der Waals surface area contributed by atoms with Gasteiger partial charge < -0.3 is 15.7 Å². The molecule has 0 saturated heterocycles. The summed E-state index contributed by atoms with van der Waals surface area (Å²) < 4.78 is 0. The minimum atomic E-state index is -0.946. The summed E-state index contributed by atoms with van der Waals surface area (Å²) in [5.41, 5.74) is 7.36. The molecule has 1 aliphatic rings. The lowest BCUT2D eigenvalue weighted by Gasteiger charge is -2.34. The summed E-state index contributed by atoms with van der Waals surface area (Å²) in [5, 5.41) is 9.03. The third-order valence-corrected chi connectivity index (χ3v) is 3.84. The maximum absolute atomic E-state index is 12.4. The molecule has 0 saturated carbocycles. The van der Waals surface area contributed by atoms with E-state index in [1.807, 2.05) is 19.9 Å². The summed E-state index contributed by atoms with van der Waals surface area (Å²) in [5.74, 6) is -0.926. The zero-order valence-corrected chi connectivity index (χ0v) is 11.8. The number of carboxylic acid groups (broad SMARTS) is 1. The Hall–Kier alpha value is -1.88. The topological polar surface area (TPSA) is 83.6 Å². The van der Waals surface area contributed by atoms with Gasteiger partial charge in [0.15, 0.2) is 0 Å². The highest BCUT2D eigenvalue weighted by atomic mass is 16.4. The van der Waals surface area contributed by atoms with Gasteiger partial charge in [-0.2, -0.15) is 0 Å². The van der Waals surface area contributed by atoms with E-state index in [1.54, 1.807) is 17.0 Å². The molecule has 0 fully saturated rings. The molecule has 1 aromatic rings. The predicted octanol–water partition coefficient (Wildman–Crippen LogP) is 1.25. The maximum atomic E-state index is 12.4. The van der Waals surface area contributed by atoms with Crippen molar-refractivity contribution in [3.8, 4) is 0 Å². The molecular weight excluding hydrogens is 256 g/mol. The monoisotopic (exact) mass is 276 g/mol. The average molecular weight is 276 g/mol. The lowest BCUT2D eigenvalue weighted by Crippen LogP contribution is -2.46. The molecule has 0 atom stereocenters. The van der Waals surface area contributed by atoms with Crippen LogP contribution in [0.1, 0.15) is 35.3 Å². The number of hydrogen-bond acceptors (Lipinski definition) is 3. The number of hydrogen-bond donors (Lipinski definition) is 2. The van der Waals surface area contributed by atoms with Crippen LogP contribution in [0.2, 0.25) is 0 Å². The van der Waals surface area contributed by atoms with Gasteiger partial charge in [0.05, 0.1) is 11.0 Å². The molecule has 3 N–H and O–H groups in total. The van der Waals surface area contributed by atoms with Crippen LogP contribution in [0.25, 0.3) is 0 Å². The van der Waals surface area contributed by atoms with Gasteiger partial charge in [0, 0.05) is 19.6 Å². The number of aromatic carboxylic acids is 1. The number of carboxylic acids is 1. The fourth-order valence-corrected chi connectivity index (χ4v) is 2.38. The number of amides is 1. The summed E-state index contributed by atoms with van der Waals surface area (Å²) >= 11 is 0. The van der Waals surface area contributed by atoms with Crippen LogP contribution in [0.3, 0.4) is 0 Å². The molecule has 5 heteroatoms. The van der Waals surface area contributed by atoms with Crippen LogP contribution < -0.4 is 5.73 Å². The molecule has 1 aromatic carbocycles. The second-order valence-electron chi connectivity index (χ2n) is 5.85. The number of benzene rings is 1. The molecule has 20 heavy (non-hydrogen) atoms. The number of fused-ring (bicyclic) bond motifs is 1. The normalized spacial score (nSPS) is 14.8. The Kier molecular flexibility index (Phi) is 3.81. The minimum Gasteiger partial charge on any atom is -0.478 e. The third kappa shape index (κ3) is 2.67. The lowest BCUT2D eigenvalue weighted by molar-refractivity contribution is -0.140. The molecule has 0 bridgehead atoms. The lowest BCUT2D eigenvalue weighted by atomic mass is 9.89. The number of carbonyl (C=O) groups is 2. The van der Waals surface area contributed by atoms with Gasteiger partial charge in [0.2, 0.25) is 5.91 Å². The van der Waals surface area contributed by atoms with Crippen molar-refractivity contribution >= 4 is 11.9 Å². The number of rotatable bonds is 3. The van der Waals surface area contributed by atoms with Crippen molar-refractivity contribution in [2.45, 2.75) is 26.8 Å². The fourth-order valence-electron chi connectivity index (χ4n) is 2.38. The van der Waals surface area contributed by atoms with Crippen LogP contribution in [0.5, 0.6) is 0 Å². The highest BCUT2D eigenvalue weighted by molar-refractivity contribution is 5.88. The van der Waals surface area contributed by atoms with Gasteiger partial charge in [-0.1, -0.05) is 6.07 Å². The first kappa shape index (κ1) is 14.5. The quantitative estimate of drug-likeness (QED) is 0.870. The number of nitrogens with zero attached hydrogens (tertiary/aromatic N) is 1. The summed E-state index contributed by atoms with van der Waals surface area (Å²) in [6.07, 6.45) is 0.752. The largest absolute Gasteiger partial charge is 0.478 e. The number of nitrogens with two attached hydrogens (primary N) is 1. The van der Waals surface area contributed by atoms with Crippen molar-refractivity contribution in [3.05, 3.63) is 34.9 Å². The summed E-state index contributed by atoms with van der Waals surface area (Å²) in [7, 11) is 0. The molecule has 2 rings (SSSR count). The first-order chi connectivity index (χ1) is 9.35. The Morgan fingerprint density at radius 1 is 1.35 bits per heavy atom. The average Bonchev–Trinajstić information content (AvgIpc) is 2.45. The van der Waals surface area contributed by atoms with E-state index in [4.69, 9.17) is 10.8 Å². The molecule has 1 amide bonds. The van der Waals surface area contributed by atoms with Crippen molar-refractivity contribution in [1.29, 1.82) is 0 Å². The second-order valence-corrected chi connectivity index (χ2v) is 5.85. The van der Waals surface area contributed by atoms with E-state index in [0.29, 0.717) is 19.6 Å². The Morgan fingerprint density at radius 3 is 2.65 bits per heavy atom. The van der Waals surface area contributed by atoms with E-state index in [1.165, 1.54) is 0 Å². The fraction of sp³-hybridized carbons (Fsp3) is 0.467. The van der Waals surface area contributed by atoms with Crippen LogP contribution in [0.4, 0.5) is 0 Å². The Labute approximate surface area is 118 Å². The van der Waals surface area contributed by atoms with Crippen LogP contribution in [-0.4, -0.2) is 35.0 Å². The van der Waals surface area contributed by atoms with E-state index < -0.39 is 11.4 Å². The number of carbonyl (C=O) groups excluding carboxylic acids is 1. The molecule has 0 unspecified atom stereocenters. The zero-order valence-electron chi connectivity index (χ0n) is 11.8. The van der Waals surface area contributed by atoms with Gasteiger partial charge in [-0.25, -0.2) is 4.79 Å². The molecule has 1 aliphatic heterocycles. The van der Waals surface area contributed by atoms with Gasteiger partial charge in [-0.15, -0.1) is 0 Å². The first-order valence-electron chi connectivity index (χ1n) is 6.69. The van der Waals surface area contributed by atoms with Gasteiger partial charge in [-0.3, -0.25) is 4.79 Å². The maximum Gasteiger partial charge on any atom is 0.335 e. The Morgan fingerprint density at radius 2 is 2.05 bits per heavy atom. The van der Waals surface area contributed by atoms with Gasteiger partial charge in [0.25, 0.3) is 0 Å². The summed E-state index contributed by atoms with van der Waals surface area (Å²) in [6, 6.07) is 5.11. The third-order valence-electron chi connectivity index (χ3n) is 3.84. The highest BCUT2D eigenvalue weighted by Gasteiger charge is 2.32. The van der Waals surface area contributed by atoms with Crippen LogP contribution in [0, 0.1) is 5.41 Å². The van der Waals surface area contributed by atoms with Crippen LogP contribution in [0.15, 0.2) is 18.2 Å². The summed E-state index contributed by atoms with van der Waals surface area (Å²) in [6.45, 7) is 5.07. The Bertz CT molecular complexity index is 552. The molecule has 0 radical (unpaired) electrons. The van der Waals surface area contributed by atoms with Gasteiger partial charge in [-0.05, 0) is 43.5 Å². The van der Waals surface area contributed by atoms with E-state index in [2.05, 4.69) is 0 Å². The van der Waals surface area contributed by atoms with E-state index in [9.17, 15) is 9.59 Å². The molecule has 5 nitrogen and oxygen atoms in total. The van der Waals surface area contributed by atoms with E-state index >= 15 is 0 Å². The molecular formula is C15H20N2O3. The molecule has 108 valence electrons. The second kappa shape index (κ2) is 5.25. The van der Waals surface area contributed by atoms with Crippen molar-refractivity contribution in [2.24, 2.45) is 11.1 Å². The summed E-state index contributed by atoms with van der Waals surface area (Å²) in [4.78, 5) is 25.2. The minimum absolute atomic E-state index is 0.0198. The van der Waals surface area contributed by atoms with Crippen molar-refractivity contribution in [2.75, 3.05) is 13.1 Å². The standard InChI is InChI=1S/C15H20N2O3/c1-15(2,9-16)14(20)17-6-5-10-3-4-11(13(18)19)7-12(10)8-17/h3-4,7H,5-6,8-9,16H2,1-2H3,(H,18,19).